The summed E-state index contributed by atoms with van der Waals surface area (Å²) in [6.07, 6.45) is 0. The summed E-state index contributed by atoms with van der Waals surface area (Å²) >= 11 is 1.59. The number of carbonyl (C=O) groups excluding carboxylic acids is 1. The summed E-state index contributed by atoms with van der Waals surface area (Å²) in [6, 6.07) is 13.8. The molecular formula is C22H18FN3OS. The number of hydrogen-bond acceptors (Lipinski definition) is 5. The molecular weight excluding hydrogens is 373 g/mol. The summed E-state index contributed by atoms with van der Waals surface area (Å²) < 4.78 is 13.4. The molecule has 0 unspecified atom stereocenters. The van der Waals surface area contributed by atoms with Gasteiger partial charge in [0.1, 0.15) is 22.3 Å². The summed E-state index contributed by atoms with van der Waals surface area (Å²) in [5, 5.41) is 4.24. The molecule has 6 heteroatoms. The molecule has 0 aliphatic carbocycles. The SMILES string of the molecule is CC(=O)c1cccc(Nc2nc(C)nc3sc(C)c(-c4ccc(F)cc4)c23)c1. The van der Waals surface area contributed by atoms with E-state index in [1.54, 1.807) is 36.5 Å². The molecule has 0 atom stereocenters. The summed E-state index contributed by atoms with van der Waals surface area (Å²) in [5.74, 6) is 1.06. The molecule has 0 bridgehead atoms. The van der Waals surface area contributed by atoms with Crippen LogP contribution in [0.15, 0.2) is 48.5 Å². The van der Waals surface area contributed by atoms with Crippen molar-refractivity contribution in [1.29, 1.82) is 0 Å². The Morgan fingerprint density at radius 1 is 1.07 bits per heavy atom. The Morgan fingerprint density at radius 3 is 2.54 bits per heavy atom. The monoisotopic (exact) mass is 391 g/mol. The fourth-order valence-electron chi connectivity index (χ4n) is 3.23. The topological polar surface area (TPSA) is 54.9 Å². The van der Waals surface area contributed by atoms with E-state index in [1.807, 2.05) is 32.0 Å². The van der Waals surface area contributed by atoms with Gasteiger partial charge >= 0.3 is 0 Å². The fourth-order valence-corrected chi connectivity index (χ4v) is 4.32. The normalized spacial score (nSPS) is 11.0. The van der Waals surface area contributed by atoms with E-state index in [0.29, 0.717) is 17.2 Å². The molecule has 2 aromatic heterocycles. The molecule has 1 N–H and O–H groups in total. The van der Waals surface area contributed by atoms with Gasteiger partial charge in [0.25, 0.3) is 0 Å². The third-order valence-corrected chi connectivity index (χ3v) is 5.50. The highest BCUT2D eigenvalue weighted by Crippen LogP contribution is 2.41. The maximum atomic E-state index is 13.4. The minimum absolute atomic E-state index is 0.00560. The van der Waals surface area contributed by atoms with E-state index in [9.17, 15) is 9.18 Å². The molecule has 0 saturated heterocycles. The van der Waals surface area contributed by atoms with E-state index in [1.165, 1.54) is 12.1 Å². The van der Waals surface area contributed by atoms with E-state index >= 15 is 0 Å². The Kier molecular flexibility index (Phi) is 4.65. The van der Waals surface area contributed by atoms with Crippen LogP contribution in [0.25, 0.3) is 21.3 Å². The van der Waals surface area contributed by atoms with Gasteiger partial charge in [0.2, 0.25) is 0 Å². The number of hydrogen-bond donors (Lipinski definition) is 1. The Morgan fingerprint density at radius 2 is 1.82 bits per heavy atom. The first-order valence-corrected chi connectivity index (χ1v) is 9.66. The number of ketones is 1. The standard InChI is InChI=1S/C22H18FN3OS/c1-12(27)16-5-4-6-18(11-16)26-21-20-19(15-7-9-17(23)10-8-15)13(2)28-22(20)25-14(3)24-21/h4-11H,1-3H3,(H,24,25,26). The predicted octanol–water partition coefficient (Wildman–Crippen LogP) is 6.06. The molecule has 2 aromatic carbocycles. The Bertz CT molecular complexity index is 1200. The van der Waals surface area contributed by atoms with Crippen LogP contribution in [0.5, 0.6) is 0 Å². The number of thiophene rings is 1. The van der Waals surface area contributed by atoms with Gasteiger partial charge in [-0.25, -0.2) is 14.4 Å². The molecule has 4 rings (SSSR count). The number of carbonyl (C=O) groups is 1. The molecule has 2 heterocycles. The molecule has 0 aliphatic heterocycles. The van der Waals surface area contributed by atoms with Crippen LogP contribution in [-0.4, -0.2) is 15.8 Å². The van der Waals surface area contributed by atoms with Crippen LogP contribution in [0.3, 0.4) is 0 Å². The first-order chi connectivity index (χ1) is 13.4. The second-order valence-electron chi connectivity index (χ2n) is 6.60. The number of Topliss-reactive ketones (excluding diaryl/α,β-unsaturated/α-hetero) is 1. The van der Waals surface area contributed by atoms with Gasteiger partial charge in [-0.2, -0.15) is 0 Å². The zero-order chi connectivity index (χ0) is 19.8. The first kappa shape index (κ1) is 18.3. The third kappa shape index (κ3) is 3.39. The zero-order valence-electron chi connectivity index (χ0n) is 15.7. The minimum atomic E-state index is -0.271. The van der Waals surface area contributed by atoms with E-state index < -0.39 is 0 Å². The quantitative estimate of drug-likeness (QED) is 0.430. The number of benzene rings is 2. The highest BCUT2D eigenvalue weighted by molar-refractivity contribution is 7.19. The predicted molar refractivity (Wildman–Crippen MR) is 112 cm³/mol. The largest absolute Gasteiger partial charge is 0.340 e. The van der Waals surface area contributed by atoms with Crippen LogP contribution in [0.4, 0.5) is 15.9 Å². The van der Waals surface area contributed by atoms with Crippen molar-refractivity contribution in [2.75, 3.05) is 5.32 Å². The number of aromatic nitrogens is 2. The summed E-state index contributed by atoms with van der Waals surface area (Å²) in [7, 11) is 0. The lowest BCUT2D eigenvalue weighted by molar-refractivity contribution is 0.101. The second-order valence-corrected chi connectivity index (χ2v) is 7.80. The van der Waals surface area contributed by atoms with Crippen molar-refractivity contribution < 1.29 is 9.18 Å². The van der Waals surface area contributed by atoms with E-state index in [-0.39, 0.29) is 11.6 Å². The van der Waals surface area contributed by atoms with Gasteiger partial charge in [0.15, 0.2) is 5.78 Å². The average molecular weight is 391 g/mol. The van der Waals surface area contributed by atoms with Crippen LogP contribution >= 0.6 is 11.3 Å². The van der Waals surface area contributed by atoms with E-state index in [0.717, 1.165) is 31.9 Å². The Hall–Kier alpha value is -3.12. The Labute approximate surface area is 166 Å². The van der Waals surface area contributed by atoms with Gasteiger partial charge in [0, 0.05) is 21.7 Å². The number of aryl methyl sites for hydroxylation is 2. The van der Waals surface area contributed by atoms with Crippen molar-refractivity contribution in [2.45, 2.75) is 20.8 Å². The van der Waals surface area contributed by atoms with Crippen LogP contribution < -0.4 is 5.32 Å². The molecule has 140 valence electrons. The molecule has 0 aliphatic rings. The summed E-state index contributed by atoms with van der Waals surface area (Å²) in [5.41, 5.74) is 3.32. The Balaban J connectivity index is 1.89. The lowest BCUT2D eigenvalue weighted by Gasteiger charge is -2.11. The van der Waals surface area contributed by atoms with E-state index in [4.69, 9.17) is 0 Å². The highest BCUT2D eigenvalue weighted by Gasteiger charge is 2.18. The van der Waals surface area contributed by atoms with Crippen molar-refractivity contribution in [2.24, 2.45) is 0 Å². The van der Waals surface area contributed by atoms with Gasteiger partial charge in [-0.05, 0) is 50.6 Å². The van der Waals surface area contributed by atoms with Crippen molar-refractivity contribution in [3.63, 3.8) is 0 Å². The van der Waals surface area contributed by atoms with Gasteiger partial charge in [-0.3, -0.25) is 4.79 Å². The van der Waals surface area contributed by atoms with Crippen LogP contribution in [0, 0.1) is 19.7 Å². The number of nitrogens with one attached hydrogen (secondary N) is 1. The van der Waals surface area contributed by atoms with Crippen LogP contribution in [0.1, 0.15) is 28.0 Å². The molecule has 0 amide bonds. The number of nitrogens with zero attached hydrogens (tertiary/aromatic N) is 2. The first-order valence-electron chi connectivity index (χ1n) is 8.84. The van der Waals surface area contributed by atoms with Crippen molar-refractivity contribution in [3.05, 3.63) is 70.6 Å². The van der Waals surface area contributed by atoms with Gasteiger partial charge in [-0.1, -0.05) is 24.3 Å². The molecule has 4 nitrogen and oxygen atoms in total. The highest BCUT2D eigenvalue weighted by atomic mass is 32.1. The molecule has 0 fully saturated rings. The smallest absolute Gasteiger partial charge is 0.159 e. The lowest BCUT2D eigenvalue weighted by atomic mass is 10.0. The molecule has 0 radical (unpaired) electrons. The zero-order valence-corrected chi connectivity index (χ0v) is 16.5. The molecule has 28 heavy (non-hydrogen) atoms. The van der Waals surface area contributed by atoms with Crippen LogP contribution in [-0.2, 0) is 0 Å². The maximum Gasteiger partial charge on any atom is 0.159 e. The fraction of sp³-hybridized carbons (Fsp3) is 0.136. The van der Waals surface area contributed by atoms with Crippen LogP contribution in [0.2, 0.25) is 0 Å². The molecule has 0 saturated carbocycles. The number of rotatable bonds is 4. The number of halogens is 1. The number of fused-ring (bicyclic) bond motifs is 1. The summed E-state index contributed by atoms with van der Waals surface area (Å²) in [6.45, 7) is 5.42. The van der Waals surface area contributed by atoms with Gasteiger partial charge < -0.3 is 5.32 Å². The molecule has 4 aromatic rings. The van der Waals surface area contributed by atoms with Gasteiger partial charge in [-0.15, -0.1) is 11.3 Å². The molecule has 0 spiro atoms. The second kappa shape index (κ2) is 7.13. The minimum Gasteiger partial charge on any atom is -0.340 e. The van der Waals surface area contributed by atoms with Crippen molar-refractivity contribution in [1.82, 2.24) is 9.97 Å². The number of anilines is 2. The van der Waals surface area contributed by atoms with Gasteiger partial charge in [0.05, 0.1) is 5.39 Å². The lowest BCUT2D eigenvalue weighted by Crippen LogP contribution is -2.00. The third-order valence-electron chi connectivity index (χ3n) is 4.50. The summed E-state index contributed by atoms with van der Waals surface area (Å²) in [4.78, 5) is 22.9. The van der Waals surface area contributed by atoms with Crippen molar-refractivity contribution in [3.8, 4) is 11.1 Å². The average Bonchev–Trinajstić information content (AvgIpc) is 2.98. The van der Waals surface area contributed by atoms with Crippen molar-refractivity contribution >= 4 is 38.8 Å². The maximum absolute atomic E-state index is 13.4. The van der Waals surface area contributed by atoms with E-state index in [2.05, 4.69) is 15.3 Å².